The van der Waals surface area contributed by atoms with Crippen molar-refractivity contribution in [1.82, 2.24) is 19.6 Å². The molecule has 122 valence electrons. The number of hydrogen-bond donors (Lipinski definition) is 1. The maximum Gasteiger partial charge on any atom is 0.0670 e. The van der Waals surface area contributed by atoms with Crippen LogP contribution in [-0.4, -0.2) is 59.9 Å². The molecule has 0 saturated heterocycles. The van der Waals surface area contributed by atoms with Crippen molar-refractivity contribution in [2.75, 3.05) is 40.3 Å². The fraction of sp³-hybridized carbons (Fsp3) is 0.812. The quantitative estimate of drug-likeness (QED) is 0.750. The van der Waals surface area contributed by atoms with Crippen molar-refractivity contribution >= 4 is 0 Å². The van der Waals surface area contributed by atoms with Crippen molar-refractivity contribution in [3.8, 4) is 0 Å². The molecule has 1 heterocycles. The fourth-order valence-electron chi connectivity index (χ4n) is 2.75. The number of aryl methyl sites for hydroxylation is 2. The largest absolute Gasteiger partial charge is 0.329 e. The molecular weight excluding hydrogens is 262 g/mol. The number of hydrogen-bond acceptors (Lipinski definition) is 4. The highest BCUT2D eigenvalue weighted by molar-refractivity contribution is 5.22. The van der Waals surface area contributed by atoms with Crippen molar-refractivity contribution in [3.05, 3.63) is 17.5 Å². The molecule has 0 spiro atoms. The Morgan fingerprint density at radius 1 is 1.29 bits per heavy atom. The van der Waals surface area contributed by atoms with E-state index in [1.54, 1.807) is 0 Å². The van der Waals surface area contributed by atoms with Crippen molar-refractivity contribution in [2.24, 2.45) is 18.7 Å². The first-order chi connectivity index (χ1) is 9.88. The first-order valence-electron chi connectivity index (χ1n) is 8.00. The third kappa shape index (κ3) is 5.41. The van der Waals surface area contributed by atoms with Crippen molar-refractivity contribution in [1.29, 1.82) is 0 Å². The monoisotopic (exact) mass is 295 g/mol. The van der Waals surface area contributed by atoms with E-state index in [9.17, 15) is 0 Å². The molecule has 0 saturated carbocycles. The van der Waals surface area contributed by atoms with Crippen molar-refractivity contribution in [3.63, 3.8) is 0 Å². The molecule has 1 rings (SSSR count). The standard InChI is InChI=1S/C16H33N5/c1-7-15-14(12-20(6)18-15)16(10-17)21(11-13(2)3)9-8-19(4)5/h12-13,16H,7-11,17H2,1-6H3. The Bertz CT molecular complexity index is 411. The third-order valence-corrected chi connectivity index (χ3v) is 3.73. The van der Waals surface area contributed by atoms with Crippen LogP contribution >= 0.6 is 0 Å². The van der Waals surface area contributed by atoms with Crippen LogP contribution in [-0.2, 0) is 13.5 Å². The molecule has 0 aromatic carbocycles. The second kappa shape index (κ2) is 8.51. The predicted octanol–water partition coefficient (Wildman–Crippen LogP) is 1.50. The topological polar surface area (TPSA) is 50.3 Å². The summed E-state index contributed by atoms with van der Waals surface area (Å²) in [6.07, 6.45) is 3.09. The molecule has 0 aliphatic rings. The Morgan fingerprint density at radius 3 is 2.43 bits per heavy atom. The van der Waals surface area contributed by atoms with Crippen LogP contribution in [0.1, 0.15) is 38.1 Å². The maximum absolute atomic E-state index is 6.13. The van der Waals surface area contributed by atoms with E-state index in [2.05, 4.69) is 56.0 Å². The fourth-order valence-corrected chi connectivity index (χ4v) is 2.75. The second-order valence-electron chi connectivity index (χ2n) is 6.50. The van der Waals surface area contributed by atoms with Crippen LogP contribution in [0.3, 0.4) is 0 Å². The van der Waals surface area contributed by atoms with Gasteiger partial charge in [0.05, 0.1) is 11.7 Å². The van der Waals surface area contributed by atoms with E-state index in [4.69, 9.17) is 5.73 Å². The Hall–Kier alpha value is -0.910. The van der Waals surface area contributed by atoms with Gasteiger partial charge in [-0.15, -0.1) is 0 Å². The lowest BCUT2D eigenvalue weighted by molar-refractivity contribution is 0.163. The Balaban J connectivity index is 2.98. The van der Waals surface area contributed by atoms with Gasteiger partial charge in [-0.2, -0.15) is 5.10 Å². The van der Waals surface area contributed by atoms with E-state index in [0.29, 0.717) is 12.5 Å². The lowest BCUT2D eigenvalue weighted by Crippen LogP contribution is -2.40. The van der Waals surface area contributed by atoms with Gasteiger partial charge in [0.2, 0.25) is 0 Å². The highest BCUT2D eigenvalue weighted by Gasteiger charge is 2.24. The minimum Gasteiger partial charge on any atom is -0.329 e. The van der Waals surface area contributed by atoms with Gasteiger partial charge in [-0.05, 0) is 26.4 Å². The summed E-state index contributed by atoms with van der Waals surface area (Å²) in [5.41, 5.74) is 8.59. The zero-order valence-corrected chi connectivity index (χ0v) is 14.6. The molecule has 0 fully saturated rings. The van der Waals surface area contributed by atoms with E-state index in [0.717, 1.165) is 26.1 Å². The van der Waals surface area contributed by atoms with Gasteiger partial charge in [-0.25, -0.2) is 0 Å². The summed E-state index contributed by atoms with van der Waals surface area (Å²) >= 11 is 0. The van der Waals surface area contributed by atoms with Crippen LogP contribution in [0.4, 0.5) is 0 Å². The van der Waals surface area contributed by atoms with E-state index in [1.807, 2.05) is 11.7 Å². The third-order valence-electron chi connectivity index (χ3n) is 3.73. The molecule has 21 heavy (non-hydrogen) atoms. The minimum atomic E-state index is 0.260. The van der Waals surface area contributed by atoms with Crippen LogP contribution in [0.25, 0.3) is 0 Å². The molecule has 5 heteroatoms. The summed E-state index contributed by atoms with van der Waals surface area (Å²) in [5, 5.41) is 4.58. The second-order valence-corrected chi connectivity index (χ2v) is 6.50. The number of likely N-dealkylation sites (N-methyl/N-ethyl adjacent to an activating group) is 1. The minimum absolute atomic E-state index is 0.260. The first-order valence-corrected chi connectivity index (χ1v) is 8.00. The van der Waals surface area contributed by atoms with Crippen LogP contribution in [0.2, 0.25) is 0 Å². The van der Waals surface area contributed by atoms with Crippen LogP contribution < -0.4 is 5.73 Å². The Morgan fingerprint density at radius 2 is 1.95 bits per heavy atom. The molecule has 1 aromatic heterocycles. The van der Waals surface area contributed by atoms with Crippen molar-refractivity contribution < 1.29 is 0 Å². The summed E-state index contributed by atoms with van der Waals surface area (Å²) in [5.74, 6) is 0.628. The van der Waals surface area contributed by atoms with E-state index < -0.39 is 0 Å². The summed E-state index contributed by atoms with van der Waals surface area (Å²) in [6.45, 7) is 10.5. The Labute approximate surface area is 130 Å². The van der Waals surface area contributed by atoms with Gasteiger partial charge in [0.1, 0.15) is 0 Å². The van der Waals surface area contributed by atoms with Crippen molar-refractivity contribution in [2.45, 2.75) is 33.2 Å². The molecule has 2 N–H and O–H groups in total. The zero-order valence-electron chi connectivity index (χ0n) is 14.6. The predicted molar refractivity (Wildman–Crippen MR) is 89.3 cm³/mol. The lowest BCUT2D eigenvalue weighted by atomic mass is 10.0. The number of nitrogens with zero attached hydrogens (tertiary/aromatic N) is 4. The van der Waals surface area contributed by atoms with Crippen LogP contribution in [0, 0.1) is 5.92 Å². The number of rotatable bonds is 9. The highest BCUT2D eigenvalue weighted by Crippen LogP contribution is 2.24. The number of aromatic nitrogens is 2. The van der Waals surface area contributed by atoms with Gasteiger partial charge in [0, 0.05) is 45.0 Å². The molecule has 0 aliphatic carbocycles. The Kier molecular flexibility index (Phi) is 7.35. The molecule has 0 aliphatic heterocycles. The van der Waals surface area contributed by atoms with E-state index in [-0.39, 0.29) is 6.04 Å². The molecule has 1 aromatic rings. The summed E-state index contributed by atoms with van der Waals surface area (Å²) in [6, 6.07) is 0.260. The zero-order chi connectivity index (χ0) is 16.0. The van der Waals surface area contributed by atoms with Gasteiger partial charge in [-0.3, -0.25) is 9.58 Å². The van der Waals surface area contributed by atoms with Crippen LogP contribution in [0.15, 0.2) is 6.20 Å². The average Bonchev–Trinajstić information content (AvgIpc) is 2.77. The average molecular weight is 295 g/mol. The van der Waals surface area contributed by atoms with E-state index >= 15 is 0 Å². The molecular formula is C16H33N5. The SMILES string of the molecule is CCc1nn(C)cc1C(CN)N(CCN(C)C)CC(C)C. The normalized spacial score (nSPS) is 13.6. The van der Waals surface area contributed by atoms with Gasteiger partial charge in [0.25, 0.3) is 0 Å². The van der Waals surface area contributed by atoms with Gasteiger partial charge in [-0.1, -0.05) is 20.8 Å². The summed E-state index contributed by atoms with van der Waals surface area (Å²) in [7, 11) is 6.22. The summed E-state index contributed by atoms with van der Waals surface area (Å²) < 4.78 is 1.91. The smallest absolute Gasteiger partial charge is 0.0670 e. The lowest BCUT2D eigenvalue weighted by Gasteiger charge is -2.33. The molecule has 0 radical (unpaired) electrons. The summed E-state index contributed by atoms with van der Waals surface area (Å²) in [4.78, 5) is 4.74. The van der Waals surface area contributed by atoms with E-state index in [1.165, 1.54) is 11.3 Å². The number of nitrogens with two attached hydrogens (primary N) is 1. The first kappa shape index (κ1) is 18.1. The highest BCUT2D eigenvalue weighted by atomic mass is 15.3. The molecule has 5 nitrogen and oxygen atoms in total. The molecule has 1 atom stereocenters. The maximum atomic E-state index is 6.13. The van der Waals surface area contributed by atoms with Gasteiger partial charge < -0.3 is 10.6 Å². The van der Waals surface area contributed by atoms with Crippen LogP contribution in [0.5, 0.6) is 0 Å². The van der Waals surface area contributed by atoms with Gasteiger partial charge in [0.15, 0.2) is 0 Å². The molecule has 1 unspecified atom stereocenters. The van der Waals surface area contributed by atoms with Gasteiger partial charge >= 0.3 is 0 Å². The molecule has 0 amide bonds. The molecule has 0 bridgehead atoms.